The van der Waals surface area contributed by atoms with E-state index in [9.17, 15) is 18.0 Å². The molecule has 0 aromatic heterocycles. The topological polar surface area (TPSA) is 35.5 Å². The van der Waals surface area contributed by atoms with Crippen LogP contribution in [0, 0.1) is 0 Å². The van der Waals surface area contributed by atoms with E-state index in [-0.39, 0.29) is 12.8 Å². The fourth-order valence-electron chi connectivity index (χ4n) is 1.64. The quantitative estimate of drug-likeness (QED) is 0.751. The molecule has 0 aliphatic heterocycles. The lowest BCUT2D eigenvalue weighted by atomic mass is 10.0. The summed E-state index contributed by atoms with van der Waals surface area (Å²) in [5, 5.41) is 0. The summed E-state index contributed by atoms with van der Waals surface area (Å²) >= 11 is 0. The van der Waals surface area contributed by atoms with Crippen LogP contribution in [0.15, 0.2) is 18.2 Å². The molecule has 0 unspecified atom stereocenters. The molecule has 112 valence electrons. The summed E-state index contributed by atoms with van der Waals surface area (Å²) in [5.41, 5.74) is -0.389. The molecule has 0 amide bonds. The third-order valence-corrected chi connectivity index (χ3v) is 2.68. The van der Waals surface area contributed by atoms with Crippen molar-refractivity contribution in [3.05, 3.63) is 29.3 Å². The van der Waals surface area contributed by atoms with Crippen LogP contribution in [-0.2, 0) is 22.1 Å². The zero-order valence-electron chi connectivity index (χ0n) is 11.4. The third-order valence-electron chi connectivity index (χ3n) is 2.68. The molecule has 0 saturated heterocycles. The van der Waals surface area contributed by atoms with Crippen molar-refractivity contribution in [3.63, 3.8) is 0 Å². The van der Waals surface area contributed by atoms with Crippen molar-refractivity contribution >= 4 is 5.97 Å². The highest BCUT2D eigenvalue weighted by Crippen LogP contribution is 2.33. The van der Waals surface area contributed by atoms with E-state index in [4.69, 9.17) is 4.74 Å². The summed E-state index contributed by atoms with van der Waals surface area (Å²) in [5.74, 6) is -0.0902. The Balaban J connectivity index is 2.96. The van der Waals surface area contributed by atoms with Gasteiger partial charge in [0.1, 0.15) is 5.75 Å². The maximum atomic E-state index is 12.7. The van der Waals surface area contributed by atoms with Gasteiger partial charge in [-0.25, -0.2) is 0 Å². The minimum absolute atomic E-state index is 0.0142. The SMILES string of the molecule is CCCOc1ccc(C(F)(F)F)cc1CCC(=O)OC. The van der Waals surface area contributed by atoms with Crippen LogP contribution in [0.5, 0.6) is 5.75 Å². The molecule has 3 nitrogen and oxygen atoms in total. The van der Waals surface area contributed by atoms with Crippen LogP contribution in [0.2, 0.25) is 0 Å². The van der Waals surface area contributed by atoms with E-state index in [0.717, 1.165) is 18.6 Å². The van der Waals surface area contributed by atoms with E-state index in [1.54, 1.807) is 0 Å². The fraction of sp³-hybridized carbons (Fsp3) is 0.500. The molecule has 0 heterocycles. The van der Waals surface area contributed by atoms with E-state index in [1.165, 1.54) is 13.2 Å². The normalized spacial score (nSPS) is 11.2. The predicted molar refractivity (Wildman–Crippen MR) is 67.6 cm³/mol. The van der Waals surface area contributed by atoms with Crippen LogP contribution in [0.25, 0.3) is 0 Å². The Kier molecular flexibility index (Phi) is 5.85. The number of rotatable bonds is 6. The molecule has 20 heavy (non-hydrogen) atoms. The number of hydrogen-bond donors (Lipinski definition) is 0. The van der Waals surface area contributed by atoms with E-state index < -0.39 is 17.7 Å². The summed E-state index contributed by atoms with van der Waals surface area (Å²) in [6.07, 6.45) is -3.50. The molecule has 0 aliphatic rings. The molecule has 0 radical (unpaired) electrons. The summed E-state index contributed by atoms with van der Waals surface area (Å²) in [6.45, 7) is 2.31. The molecule has 0 N–H and O–H groups in total. The number of hydrogen-bond acceptors (Lipinski definition) is 3. The van der Waals surface area contributed by atoms with Gasteiger partial charge < -0.3 is 9.47 Å². The molecular weight excluding hydrogens is 273 g/mol. The molecule has 1 rings (SSSR count). The number of benzene rings is 1. The second kappa shape index (κ2) is 7.17. The maximum Gasteiger partial charge on any atom is 0.416 e. The number of carbonyl (C=O) groups excluding carboxylic acids is 1. The number of alkyl halides is 3. The standard InChI is InChI=1S/C14H17F3O3/c1-3-8-20-12-6-5-11(14(15,16)17)9-10(12)4-7-13(18)19-2/h5-6,9H,3-4,7-8H2,1-2H3. The monoisotopic (exact) mass is 290 g/mol. The fourth-order valence-corrected chi connectivity index (χ4v) is 1.64. The molecule has 0 bridgehead atoms. The second-order valence-corrected chi connectivity index (χ2v) is 4.24. The summed E-state index contributed by atoms with van der Waals surface area (Å²) in [7, 11) is 1.24. The Morgan fingerprint density at radius 1 is 1.30 bits per heavy atom. The lowest BCUT2D eigenvalue weighted by Crippen LogP contribution is -2.09. The van der Waals surface area contributed by atoms with Gasteiger partial charge in [-0.3, -0.25) is 4.79 Å². The molecule has 0 fully saturated rings. The first-order chi connectivity index (χ1) is 9.38. The van der Waals surface area contributed by atoms with Gasteiger partial charge in [0.15, 0.2) is 0 Å². The number of esters is 1. The van der Waals surface area contributed by atoms with Crippen molar-refractivity contribution < 1.29 is 27.4 Å². The number of ether oxygens (including phenoxy) is 2. The molecule has 0 aliphatic carbocycles. The Hall–Kier alpha value is -1.72. The Morgan fingerprint density at radius 3 is 2.55 bits per heavy atom. The molecule has 0 saturated carbocycles. The highest BCUT2D eigenvalue weighted by atomic mass is 19.4. The molecular formula is C14H17F3O3. The summed E-state index contributed by atoms with van der Waals surface area (Å²) < 4.78 is 47.9. The van der Waals surface area contributed by atoms with Gasteiger partial charge in [0.25, 0.3) is 0 Å². The molecule has 1 aromatic rings. The highest BCUT2D eigenvalue weighted by Gasteiger charge is 2.31. The van der Waals surface area contributed by atoms with Crippen LogP contribution < -0.4 is 4.74 Å². The van der Waals surface area contributed by atoms with Gasteiger partial charge in [-0.1, -0.05) is 6.92 Å². The number of halogens is 3. The number of methoxy groups -OCH3 is 1. The zero-order valence-corrected chi connectivity index (χ0v) is 11.4. The predicted octanol–water partition coefficient (Wildman–Crippen LogP) is 3.60. The Labute approximate surface area is 115 Å². The molecule has 0 spiro atoms. The van der Waals surface area contributed by atoms with Crippen molar-refractivity contribution in [2.45, 2.75) is 32.4 Å². The molecule has 0 atom stereocenters. The summed E-state index contributed by atoms with van der Waals surface area (Å²) in [6, 6.07) is 3.30. The Morgan fingerprint density at radius 2 is 2.00 bits per heavy atom. The van der Waals surface area contributed by atoms with Crippen molar-refractivity contribution in [2.24, 2.45) is 0 Å². The van der Waals surface area contributed by atoms with Crippen LogP contribution >= 0.6 is 0 Å². The van der Waals surface area contributed by atoms with Crippen LogP contribution in [0.4, 0.5) is 13.2 Å². The van der Waals surface area contributed by atoms with Gasteiger partial charge in [0, 0.05) is 6.42 Å². The second-order valence-electron chi connectivity index (χ2n) is 4.24. The van der Waals surface area contributed by atoms with E-state index in [0.29, 0.717) is 17.9 Å². The highest BCUT2D eigenvalue weighted by molar-refractivity contribution is 5.69. The first kappa shape index (κ1) is 16.3. The largest absolute Gasteiger partial charge is 0.493 e. The van der Waals surface area contributed by atoms with Gasteiger partial charge in [0.05, 0.1) is 19.3 Å². The van der Waals surface area contributed by atoms with Gasteiger partial charge in [-0.15, -0.1) is 0 Å². The van der Waals surface area contributed by atoms with Crippen LogP contribution in [0.3, 0.4) is 0 Å². The van der Waals surface area contributed by atoms with Crippen molar-refractivity contribution in [1.82, 2.24) is 0 Å². The van der Waals surface area contributed by atoms with Crippen LogP contribution in [-0.4, -0.2) is 19.7 Å². The first-order valence-corrected chi connectivity index (χ1v) is 6.28. The average Bonchev–Trinajstić information content (AvgIpc) is 2.41. The van der Waals surface area contributed by atoms with Gasteiger partial charge in [-0.2, -0.15) is 13.2 Å². The van der Waals surface area contributed by atoms with Crippen molar-refractivity contribution in [1.29, 1.82) is 0 Å². The van der Waals surface area contributed by atoms with Gasteiger partial charge in [0.2, 0.25) is 0 Å². The van der Waals surface area contributed by atoms with Crippen LogP contribution in [0.1, 0.15) is 30.9 Å². The maximum absolute atomic E-state index is 12.7. The first-order valence-electron chi connectivity index (χ1n) is 6.28. The minimum Gasteiger partial charge on any atom is -0.493 e. The minimum atomic E-state index is -4.41. The van der Waals surface area contributed by atoms with E-state index in [2.05, 4.69) is 4.74 Å². The smallest absolute Gasteiger partial charge is 0.416 e. The van der Waals surface area contributed by atoms with Crippen molar-refractivity contribution in [2.75, 3.05) is 13.7 Å². The zero-order chi connectivity index (χ0) is 15.2. The molecule has 6 heteroatoms. The Bertz CT molecular complexity index is 455. The number of carbonyl (C=O) groups is 1. The van der Waals surface area contributed by atoms with E-state index >= 15 is 0 Å². The number of aryl methyl sites for hydroxylation is 1. The van der Waals surface area contributed by atoms with Crippen molar-refractivity contribution in [3.8, 4) is 5.75 Å². The lowest BCUT2D eigenvalue weighted by molar-refractivity contribution is -0.140. The average molecular weight is 290 g/mol. The lowest BCUT2D eigenvalue weighted by Gasteiger charge is -2.14. The third kappa shape index (κ3) is 4.75. The summed E-state index contributed by atoms with van der Waals surface area (Å²) in [4.78, 5) is 11.1. The van der Waals surface area contributed by atoms with Gasteiger partial charge in [-0.05, 0) is 36.6 Å². The van der Waals surface area contributed by atoms with Gasteiger partial charge >= 0.3 is 12.1 Å². The van der Waals surface area contributed by atoms with E-state index in [1.807, 2.05) is 6.92 Å². The molecule has 1 aromatic carbocycles.